The smallest absolute Gasteiger partial charge is 0.338 e. The topological polar surface area (TPSA) is 52.6 Å². The summed E-state index contributed by atoms with van der Waals surface area (Å²) in [6.45, 7) is 0.0574. The highest BCUT2D eigenvalue weighted by molar-refractivity contribution is 14.1. The number of carbonyl (C=O) groups is 2. The Morgan fingerprint density at radius 2 is 1.00 bits per heavy atom. The summed E-state index contributed by atoms with van der Waals surface area (Å²) in [4.78, 5) is 23.5. The fraction of sp³-hybridized carbons (Fsp3) is 0.125. The molecule has 114 valence electrons. The lowest BCUT2D eigenvalue weighted by atomic mass is 10.2. The van der Waals surface area contributed by atoms with Crippen molar-refractivity contribution in [2.45, 2.75) is 0 Å². The Bertz CT molecular complexity index is 591. The van der Waals surface area contributed by atoms with Crippen LogP contribution in [0.15, 0.2) is 48.5 Å². The quantitative estimate of drug-likeness (QED) is 0.340. The number of hydrogen-bond acceptors (Lipinski definition) is 4. The molecule has 0 aliphatic rings. The fourth-order valence-corrected chi connectivity index (χ4v) is 2.33. The van der Waals surface area contributed by atoms with E-state index < -0.39 is 11.9 Å². The van der Waals surface area contributed by atoms with Gasteiger partial charge < -0.3 is 9.47 Å². The highest BCUT2D eigenvalue weighted by atomic mass is 127. The maximum Gasteiger partial charge on any atom is 0.338 e. The molecule has 2 aromatic carbocycles. The number of benzene rings is 2. The molecule has 0 N–H and O–H groups in total. The summed E-state index contributed by atoms with van der Waals surface area (Å²) in [5.74, 6) is -0.858. The third-order valence-electron chi connectivity index (χ3n) is 2.71. The number of hydrogen-bond donors (Lipinski definition) is 0. The summed E-state index contributed by atoms with van der Waals surface area (Å²) in [5, 5.41) is 0. The van der Waals surface area contributed by atoms with Gasteiger partial charge >= 0.3 is 11.9 Å². The maximum atomic E-state index is 11.7. The van der Waals surface area contributed by atoms with E-state index in [1.807, 2.05) is 24.3 Å². The van der Waals surface area contributed by atoms with Crippen LogP contribution in [0.4, 0.5) is 0 Å². The van der Waals surface area contributed by atoms with Gasteiger partial charge in [-0.15, -0.1) is 0 Å². The number of ether oxygens (including phenoxy) is 2. The molecule has 0 bridgehead atoms. The van der Waals surface area contributed by atoms with Crippen molar-refractivity contribution >= 4 is 57.1 Å². The molecule has 0 radical (unpaired) electrons. The summed E-state index contributed by atoms with van der Waals surface area (Å²) in [7, 11) is 0. The van der Waals surface area contributed by atoms with Crippen LogP contribution >= 0.6 is 45.2 Å². The van der Waals surface area contributed by atoms with E-state index in [0.29, 0.717) is 11.1 Å². The van der Waals surface area contributed by atoms with E-state index in [2.05, 4.69) is 45.2 Å². The van der Waals surface area contributed by atoms with E-state index in [4.69, 9.17) is 9.47 Å². The van der Waals surface area contributed by atoms with Crippen LogP contribution in [0.2, 0.25) is 0 Å². The predicted octanol–water partition coefficient (Wildman–Crippen LogP) is 3.91. The minimum absolute atomic E-state index is 0.0287. The summed E-state index contributed by atoms with van der Waals surface area (Å²) >= 11 is 4.32. The van der Waals surface area contributed by atoms with Crippen molar-refractivity contribution in [1.29, 1.82) is 0 Å². The van der Waals surface area contributed by atoms with Crippen molar-refractivity contribution in [3.8, 4) is 0 Å². The lowest BCUT2D eigenvalue weighted by Crippen LogP contribution is -2.14. The molecule has 0 spiro atoms. The zero-order valence-electron chi connectivity index (χ0n) is 11.4. The molecule has 2 rings (SSSR count). The largest absolute Gasteiger partial charge is 0.458 e. The fourth-order valence-electron chi connectivity index (χ4n) is 1.61. The van der Waals surface area contributed by atoms with E-state index in [9.17, 15) is 9.59 Å². The van der Waals surface area contributed by atoms with Gasteiger partial charge in [0.1, 0.15) is 13.2 Å². The van der Waals surface area contributed by atoms with Gasteiger partial charge in [-0.3, -0.25) is 0 Å². The highest BCUT2D eigenvalue weighted by Gasteiger charge is 2.09. The molecule has 0 aliphatic carbocycles. The molecular weight excluding hydrogens is 510 g/mol. The van der Waals surface area contributed by atoms with Crippen LogP contribution in [0.5, 0.6) is 0 Å². The molecular formula is C16H12I2O4. The van der Waals surface area contributed by atoms with Crippen LogP contribution in [-0.2, 0) is 9.47 Å². The van der Waals surface area contributed by atoms with Crippen molar-refractivity contribution in [2.75, 3.05) is 13.2 Å². The third-order valence-corrected chi connectivity index (χ3v) is 4.15. The van der Waals surface area contributed by atoms with E-state index in [0.717, 1.165) is 7.14 Å². The Kier molecular flexibility index (Phi) is 6.62. The minimum Gasteiger partial charge on any atom is -0.458 e. The van der Waals surface area contributed by atoms with Gasteiger partial charge in [0.05, 0.1) is 11.1 Å². The summed E-state index contributed by atoms with van der Waals surface area (Å²) in [6, 6.07) is 14.1. The Labute approximate surface area is 155 Å². The predicted molar refractivity (Wildman–Crippen MR) is 98.9 cm³/mol. The van der Waals surface area contributed by atoms with Crippen molar-refractivity contribution in [1.82, 2.24) is 0 Å². The van der Waals surface area contributed by atoms with Crippen LogP contribution < -0.4 is 0 Å². The molecule has 0 heterocycles. The Balaban J connectivity index is 1.74. The molecule has 6 heteroatoms. The van der Waals surface area contributed by atoms with Crippen molar-refractivity contribution in [2.24, 2.45) is 0 Å². The van der Waals surface area contributed by atoms with Gasteiger partial charge in [0.15, 0.2) is 0 Å². The molecule has 2 aromatic rings. The third kappa shape index (κ3) is 5.24. The monoisotopic (exact) mass is 522 g/mol. The zero-order valence-corrected chi connectivity index (χ0v) is 15.7. The molecule has 0 saturated heterocycles. The molecule has 0 fully saturated rings. The number of carbonyl (C=O) groups excluding carboxylic acids is 2. The van der Waals surface area contributed by atoms with Crippen molar-refractivity contribution in [3.05, 3.63) is 66.8 Å². The summed E-state index contributed by atoms with van der Waals surface area (Å²) < 4.78 is 12.2. The lowest BCUT2D eigenvalue weighted by molar-refractivity contribution is 0.0265. The number of rotatable bonds is 5. The van der Waals surface area contributed by atoms with Gasteiger partial charge in [-0.2, -0.15) is 0 Å². The molecule has 4 nitrogen and oxygen atoms in total. The van der Waals surface area contributed by atoms with Crippen LogP contribution in [-0.4, -0.2) is 25.2 Å². The summed E-state index contributed by atoms with van der Waals surface area (Å²) in [6.07, 6.45) is 0. The van der Waals surface area contributed by atoms with Gasteiger partial charge in [-0.25, -0.2) is 9.59 Å². The van der Waals surface area contributed by atoms with E-state index >= 15 is 0 Å². The van der Waals surface area contributed by atoms with E-state index in [1.54, 1.807) is 24.3 Å². The van der Waals surface area contributed by atoms with Crippen molar-refractivity contribution < 1.29 is 19.1 Å². The van der Waals surface area contributed by atoms with Gasteiger partial charge in [-0.1, -0.05) is 0 Å². The van der Waals surface area contributed by atoms with Gasteiger partial charge in [0.25, 0.3) is 0 Å². The van der Waals surface area contributed by atoms with Gasteiger partial charge in [0.2, 0.25) is 0 Å². The molecule has 0 saturated carbocycles. The Hall–Kier alpha value is -1.16. The van der Waals surface area contributed by atoms with Crippen LogP contribution in [0.3, 0.4) is 0 Å². The molecule has 0 aliphatic heterocycles. The highest BCUT2D eigenvalue weighted by Crippen LogP contribution is 2.09. The minimum atomic E-state index is -0.429. The first-order chi connectivity index (χ1) is 10.6. The molecule has 0 atom stereocenters. The average Bonchev–Trinajstić information content (AvgIpc) is 2.52. The lowest BCUT2D eigenvalue weighted by Gasteiger charge is -2.06. The first kappa shape index (κ1) is 17.2. The summed E-state index contributed by atoms with van der Waals surface area (Å²) in [5.41, 5.74) is 0.953. The van der Waals surface area contributed by atoms with Crippen LogP contribution in [0.1, 0.15) is 20.7 Å². The maximum absolute atomic E-state index is 11.7. The molecule has 22 heavy (non-hydrogen) atoms. The second kappa shape index (κ2) is 8.47. The second-order valence-electron chi connectivity index (χ2n) is 4.29. The first-order valence-corrected chi connectivity index (χ1v) is 8.57. The molecule has 0 unspecified atom stereocenters. The SMILES string of the molecule is O=C(OCCOC(=O)c1ccc(I)cc1)c1ccc(I)cc1. The zero-order chi connectivity index (χ0) is 15.9. The van der Waals surface area contributed by atoms with E-state index in [-0.39, 0.29) is 13.2 Å². The second-order valence-corrected chi connectivity index (χ2v) is 6.78. The van der Waals surface area contributed by atoms with E-state index in [1.165, 1.54) is 0 Å². The molecule has 0 amide bonds. The Morgan fingerprint density at radius 3 is 1.32 bits per heavy atom. The standard InChI is InChI=1S/C16H12I2O4/c17-13-5-1-11(2-6-13)15(19)21-9-10-22-16(20)12-3-7-14(18)8-4-12/h1-8H,9-10H2. The van der Waals surface area contributed by atoms with Crippen molar-refractivity contribution in [3.63, 3.8) is 0 Å². The van der Waals surface area contributed by atoms with Crippen LogP contribution in [0.25, 0.3) is 0 Å². The number of halogens is 2. The average molecular weight is 522 g/mol. The number of esters is 2. The van der Waals surface area contributed by atoms with Gasteiger partial charge in [0, 0.05) is 7.14 Å². The van der Waals surface area contributed by atoms with Gasteiger partial charge in [-0.05, 0) is 93.7 Å². The first-order valence-electron chi connectivity index (χ1n) is 6.41. The normalized spacial score (nSPS) is 10.1. The Morgan fingerprint density at radius 1 is 0.682 bits per heavy atom. The molecule has 0 aromatic heterocycles. The van der Waals surface area contributed by atoms with Crippen LogP contribution in [0, 0.1) is 7.14 Å².